The zero-order valence-corrected chi connectivity index (χ0v) is 36.7. The van der Waals surface area contributed by atoms with Crippen LogP contribution < -0.4 is 18.9 Å². The number of aromatic hydroxyl groups is 2. The van der Waals surface area contributed by atoms with Crippen molar-refractivity contribution in [2.24, 2.45) is 0 Å². The van der Waals surface area contributed by atoms with Crippen LogP contribution >= 0.6 is 0 Å². The van der Waals surface area contributed by atoms with E-state index in [1.165, 1.54) is 11.1 Å². The van der Waals surface area contributed by atoms with Gasteiger partial charge in [0.25, 0.3) is 0 Å². The van der Waals surface area contributed by atoms with E-state index >= 15 is 0 Å². The van der Waals surface area contributed by atoms with Crippen LogP contribution in [0.3, 0.4) is 0 Å². The molecule has 2 N–H and O–H groups in total. The molecular formula is C52H58O6. The summed E-state index contributed by atoms with van der Waals surface area (Å²) in [6, 6.07) is 24.6. The zero-order valence-electron chi connectivity index (χ0n) is 36.7. The van der Waals surface area contributed by atoms with Crippen molar-refractivity contribution in [1.82, 2.24) is 0 Å². The molecule has 6 aromatic carbocycles. The average Bonchev–Trinajstić information content (AvgIpc) is 3.15. The number of ether oxygens (including phenoxy) is 4. The van der Waals surface area contributed by atoms with E-state index in [9.17, 15) is 10.2 Å². The minimum atomic E-state index is -0.254. The van der Waals surface area contributed by atoms with Gasteiger partial charge in [-0.25, -0.2) is 0 Å². The third kappa shape index (κ3) is 8.24. The second-order valence-electron chi connectivity index (χ2n) is 16.6. The fourth-order valence-electron chi connectivity index (χ4n) is 8.12. The molecule has 0 aromatic heterocycles. The number of hydrogen-bond acceptors (Lipinski definition) is 6. The molecule has 0 saturated heterocycles. The molecule has 302 valence electrons. The molecule has 0 radical (unpaired) electrons. The maximum Gasteiger partial charge on any atom is 0.133 e. The van der Waals surface area contributed by atoms with Crippen molar-refractivity contribution >= 4 is 0 Å². The van der Waals surface area contributed by atoms with Crippen molar-refractivity contribution in [3.05, 3.63) is 151 Å². The van der Waals surface area contributed by atoms with Gasteiger partial charge in [-0.15, -0.1) is 0 Å². The standard InChI is InChI=1S/C52H58O6/c1-15-52(14,40-16-32(6)48(33(7)17-40)57-44-24-36(10)50(37(11)25-44)55-42-20-28(2)46(53)29(3)21-42)41-18-34(8)49(35(9)19-41)58-45-26-38(12)51(39(13)27-45)56-43-22-30(4)47(54)31(5)23-43/h16-27,53-54H,15H2,1-14H3. The van der Waals surface area contributed by atoms with Crippen molar-refractivity contribution in [3.8, 4) is 57.5 Å². The first-order valence-corrected chi connectivity index (χ1v) is 20.1. The summed E-state index contributed by atoms with van der Waals surface area (Å²) in [7, 11) is 0. The van der Waals surface area contributed by atoms with Crippen LogP contribution in [0.2, 0.25) is 0 Å². The Morgan fingerprint density at radius 3 is 0.741 bits per heavy atom. The second kappa shape index (κ2) is 16.2. The molecule has 0 unspecified atom stereocenters. The Bertz CT molecular complexity index is 2250. The zero-order chi connectivity index (χ0) is 42.4. The van der Waals surface area contributed by atoms with E-state index in [-0.39, 0.29) is 5.41 Å². The van der Waals surface area contributed by atoms with Crippen LogP contribution in [0.4, 0.5) is 0 Å². The summed E-state index contributed by atoms with van der Waals surface area (Å²) in [5.41, 5.74) is 13.5. The Labute approximate surface area is 345 Å². The lowest BCUT2D eigenvalue weighted by Gasteiger charge is -2.32. The van der Waals surface area contributed by atoms with Gasteiger partial charge in [0.1, 0.15) is 57.5 Å². The first kappa shape index (κ1) is 41.7. The highest BCUT2D eigenvalue weighted by Gasteiger charge is 2.30. The van der Waals surface area contributed by atoms with Gasteiger partial charge in [0.05, 0.1) is 0 Å². The van der Waals surface area contributed by atoms with Crippen LogP contribution in [0, 0.1) is 83.1 Å². The largest absolute Gasteiger partial charge is 0.507 e. The predicted molar refractivity (Wildman–Crippen MR) is 236 cm³/mol. The Morgan fingerprint density at radius 2 is 0.534 bits per heavy atom. The van der Waals surface area contributed by atoms with Gasteiger partial charge in [-0.1, -0.05) is 38.1 Å². The van der Waals surface area contributed by atoms with Gasteiger partial charge in [0.2, 0.25) is 0 Å². The summed E-state index contributed by atoms with van der Waals surface area (Å²) in [5.74, 6) is 6.77. The minimum absolute atomic E-state index is 0.254. The summed E-state index contributed by atoms with van der Waals surface area (Å²) in [6.45, 7) is 28.7. The van der Waals surface area contributed by atoms with Crippen LogP contribution in [0.5, 0.6) is 57.5 Å². The third-order valence-electron chi connectivity index (χ3n) is 11.6. The van der Waals surface area contributed by atoms with E-state index in [0.29, 0.717) is 23.0 Å². The Kier molecular flexibility index (Phi) is 11.6. The molecule has 0 spiro atoms. The molecule has 0 saturated carbocycles. The number of hydrogen-bond donors (Lipinski definition) is 2. The van der Waals surface area contributed by atoms with Crippen LogP contribution in [-0.4, -0.2) is 10.2 Å². The summed E-state index contributed by atoms with van der Waals surface area (Å²) >= 11 is 0. The minimum Gasteiger partial charge on any atom is -0.507 e. The quantitative estimate of drug-likeness (QED) is 0.136. The number of phenols is 2. The molecule has 0 atom stereocenters. The summed E-state index contributed by atoms with van der Waals surface area (Å²) in [5, 5.41) is 20.4. The molecule has 58 heavy (non-hydrogen) atoms. The van der Waals surface area contributed by atoms with Crippen LogP contribution in [0.25, 0.3) is 0 Å². The summed E-state index contributed by atoms with van der Waals surface area (Å²) in [6.07, 6.45) is 0.908. The number of aryl methyl sites for hydroxylation is 12. The number of benzene rings is 6. The van der Waals surface area contributed by atoms with Gasteiger partial charge < -0.3 is 29.2 Å². The van der Waals surface area contributed by atoms with Gasteiger partial charge >= 0.3 is 0 Å². The number of rotatable bonds is 11. The van der Waals surface area contributed by atoms with E-state index in [4.69, 9.17) is 18.9 Å². The highest BCUT2D eigenvalue weighted by atomic mass is 16.5. The van der Waals surface area contributed by atoms with E-state index in [2.05, 4.69) is 65.8 Å². The highest BCUT2D eigenvalue weighted by Crippen LogP contribution is 2.44. The van der Waals surface area contributed by atoms with Crippen molar-refractivity contribution in [3.63, 3.8) is 0 Å². The van der Waals surface area contributed by atoms with E-state index in [0.717, 1.165) is 108 Å². The predicted octanol–water partition coefficient (Wildman–Crippen LogP) is 14.7. The normalized spacial score (nSPS) is 11.5. The lowest BCUT2D eigenvalue weighted by atomic mass is 9.72. The van der Waals surface area contributed by atoms with Gasteiger partial charge in [0, 0.05) is 5.41 Å². The fourth-order valence-corrected chi connectivity index (χ4v) is 8.12. The first-order valence-electron chi connectivity index (χ1n) is 20.1. The van der Waals surface area contributed by atoms with Crippen molar-refractivity contribution < 1.29 is 29.2 Å². The lowest BCUT2D eigenvalue weighted by molar-refractivity contribution is 0.450. The molecule has 0 bridgehead atoms. The van der Waals surface area contributed by atoms with Gasteiger partial charge in [-0.3, -0.25) is 0 Å². The van der Waals surface area contributed by atoms with E-state index < -0.39 is 0 Å². The lowest BCUT2D eigenvalue weighted by Crippen LogP contribution is -2.23. The molecule has 0 amide bonds. The molecule has 0 fully saturated rings. The Morgan fingerprint density at radius 1 is 0.345 bits per heavy atom. The molecule has 6 heteroatoms. The van der Waals surface area contributed by atoms with Gasteiger partial charge in [-0.2, -0.15) is 0 Å². The monoisotopic (exact) mass is 778 g/mol. The first-order chi connectivity index (χ1) is 27.3. The number of phenolic OH excluding ortho intramolecular Hbond substituents is 2. The molecule has 6 aromatic rings. The Balaban J connectivity index is 1.23. The summed E-state index contributed by atoms with van der Waals surface area (Å²) < 4.78 is 25.9. The van der Waals surface area contributed by atoms with Gasteiger partial charge in [0.15, 0.2) is 0 Å². The summed E-state index contributed by atoms with van der Waals surface area (Å²) in [4.78, 5) is 0. The van der Waals surface area contributed by atoms with Crippen LogP contribution in [0.15, 0.2) is 72.8 Å². The molecule has 6 rings (SSSR count). The second-order valence-corrected chi connectivity index (χ2v) is 16.6. The van der Waals surface area contributed by atoms with Crippen molar-refractivity contribution in [2.75, 3.05) is 0 Å². The van der Waals surface area contributed by atoms with Crippen LogP contribution in [-0.2, 0) is 5.41 Å². The molecule has 6 nitrogen and oxygen atoms in total. The van der Waals surface area contributed by atoms with E-state index in [1.54, 1.807) is 0 Å². The maximum atomic E-state index is 10.2. The third-order valence-corrected chi connectivity index (χ3v) is 11.6. The fraction of sp³-hybridized carbons (Fsp3) is 0.308. The van der Waals surface area contributed by atoms with Crippen LogP contribution in [0.1, 0.15) is 98.2 Å². The molecule has 0 aliphatic heterocycles. The smallest absolute Gasteiger partial charge is 0.133 e. The maximum absolute atomic E-state index is 10.2. The Hall–Kier alpha value is -5.88. The molecule has 0 aliphatic rings. The topological polar surface area (TPSA) is 77.4 Å². The molecule has 0 heterocycles. The SMILES string of the molecule is CCC(C)(c1cc(C)c(Oc2cc(C)c(Oc3cc(C)c(O)c(C)c3)c(C)c2)c(C)c1)c1cc(C)c(Oc2cc(C)c(Oc3cc(C)c(O)c(C)c3)c(C)c2)c(C)c1. The average molecular weight is 779 g/mol. The van der Waals surface area contributed by atoms with Crippen molar-refractivity contribution in [1.29, 1.82) is 0 Å². The molecule has 0 aliphatic carbocycles. The highest BCUT2D eigenvalue weighted by molar-refractivity contribution is 5.57. The van der Waals surface area contributed by atoms with E-state index in [1.807, 2.05) is 104 Å². The van der Waals surface area contributed by atoms with Crippen molar-refractivity contribution in [2.45, 2.75) is 109 Å². The molecular weight excluding hydrogens is 721 g/mol. The van der Waals surface area contributed by atoms with Gasteiger partial charge in [-0.05, 0) is 216 Å².